The lowest BCUT2D eigenvalue weighted by Gasteiger charge is -2.25. The molecule has 0 aromatic rings. The summed E-state index contributed by atoms with van der Waals surface area (Å²) < 4.78 is 28.9. The van der Waals surface area contributed by atoms with Gasteiger partial charge in [0, 0.05) is 13.5 Å². The summed E-state index contributed by atoms with van der Waals surface area (Å²) in [5, 5.41) is 0. The van der Waals surface area contributed by atoms with Crippen LogP contribution >= 0.6 is 7.60 Å². The van der Waals surface area contributed by atoms with Gasteiger partial charge in [0.2, 0.25) is 0 Å². The smallest absolute Gasteiger partial charge is 0.333 e. The Morgan fingerprint density at radius 2 is 1.26 bits per heavy atom. The van der Waals surface area contributed by atoms with Gasteiger partial charge in [0.15, 0.2) is 0 Å². The summed E-state index contributed by atoms with van der Waals surface area (Å²) in [6.07, 6.45) is 19.2. The number of esters is 1. The number of nitrogens with zero attached hydrogens (tertiary/aromatic N) is 1. The molecule has 0 spiro atoms. The maximum Gasteiger partial charge on any atom is 0.333 e. The number of carbonyl (C=O) groups is 1. The van der Waals surface area contributed by atoms with Gasteiger partial charge in [0.1, 0.15) is 6.10 Å². The lowest BCUT2D eigenvalue weighted by atomic mass is 10.0. The third-order valence-electron chi connectivity index (χ3n) is 6.04. The second kappa shape index (κ2) is 21.6. The first-order valence-corrected chi connectivity index (χ1v) is 15.8. The van der Waals surface area contributed by atoms with Crippen LogP contribution in [0, 0.1) is 0 Å². The maximum atomic E-state index is 12.2. The Morgan fingerprint density at radius 1 is 0.800 bits per heavy atom. The highest BCUT2D eigenvalue weighted by Gasteiger charge is 2.26. The van der Waals surface area contributed by atoms with Crippen LogP contribution in [-0.2, 0) is 23.4 Å². The number of carbonyl (C=O) groups excluding carboxylic acids is 1. The van der Waals surface area contributed by atoms with Gasteiger partial charge in [-0.25, -0.2) is 0 Å². The van der Waals surface area contributed by atoms with Crippen LogP contribution in [0.5, 0.6) is 0 Å². The first-order chi connectivity index (χ1) is 16.6. The van der Waals surface area contributed by atoms with Crippen molar-refractivity contribution in [3.05, 3.63) is 0 Å². The van der Waals surface area contributed by atoms with Crippen LogP contribution in [0.25, 0.3) is 0 Å². The molecule has 0 bridgehead atoms. The van der Waals surface area contributed by atoms with Crippen LogP contribution in [0.1, 0.15) is 110 Å². The fraction of sp³-hybridized carbons (Fsp3) is 0.963. The Kier molecular flexibility index (Phi) is 21.3. The zero-order valence-corrected chi connectivity index (χ0v) is 24.5. The molecule has 0 saturated carbocycles. The predicted molar refractivity (Wildman–Crippen MR) is 145 cm³/mol. The molecular weight excluding hydrogens is 465 g/mol. The average molecular weight is 523 g/mol. The summed E-state index contributed by atoms with van der Waals surface area (Å²) in [5.74, 6) is -0.451. The largest absolute Gasteiger partial charge is 0.458 e. The first-order valence-electron chi connectivity index (χ1n) is 14.1. The molecule has 0 aliphatic heterocycles. The van der Waals surface area contributed by atoms with E-state index in [0.29, 0.717) is 17.6 Å². The van der Waals surface area contributed by atoms with Gasteiger partial charge in [-0.05, 0) is 6.42 Å². The summed E-state index contributed by atoms with van der Waals surface area (Å²) in [5.41, 5.74) is 0. The molecule has 0 rings (SSSR count). The third-order valence-corrected chi connectivity index (χ3v) is 7.36. The highest BCUT2D eigenvalue weighted by atomic mass is 31.2. The van der Waals surface area contributed by atoms with Gasteiger partial charge >= 0.3 is 13.6 Å². The molecule has 35 heavy (non-hydrogen) atoms. The van der Waals surface area contributed by atoms with Crippen molar-refractivity contribution in [3.8, 4) is 0 Å². The van der Waals surface area contributed by atoms with Crippen molar-refractivity contribution < 1.29 is 32.7 Å². The van der Waals surface area contributed by atoms with Gasteiger partial charge in [-0.2, -0.15) is 0 Å². The van der Waals surface area contributed by atoms with Crippen LogP contribution in [0.3, 0.4) is 0 Å². The SMILES string of the molecule is CCCCCCCCCCCCCCCCCOCC(COP(=O)(O)CC[N+](C)(C)C)OC(C)=O. The molecule has 8 heteroatoms. The highest BCUT2D eigenvalue weighted by Crippen LogP contribution is 2.41. The van der Waals surface area contributed by atoms with E-state index < -0.39 is 19.7 Å². The van der Waals surface area contributed by atoms with Crippen LogP contribution < -0.4 is 0 Å². The zero-order valence-electron chi connectivity index (χ0n) is 23.6. The second-order valence-corrected chi connectivity index (χ2v) is 12.9. The van der Waals surface area contributed by atoms with E-state index in [2.05, 4.69) is 6.92 Å². The number of unbranched alkanes of at least 4 members (excludes halogenated alkanes) is 14. The topological polar surface area (TPSA) is 82.1 Å². The molecule has 210 valence electrons. The normalized spacial score (nSPS) is 14.6. The molecule has 0 aromatic heterocycles. The zero-order chi connectivity index (χ0) is 26.4. The molecule has 2 unspecified atom stereocenters. The molecule has 0 amide bonds. The van der Waals surface area contributed by atoms with Crippen molar-refractivity contribution in [2.24, 2.45) is 0 Å². The number of hydrogen-bond acceptors (Lipinski definition) is 5. The molecule has 7 nitrogen and oxygen atoms in total. The molecule has 0 aliphatic carbocycles. The molecular formula is C27H57NO6P+. The van der Waals surface area contributed by atoms with Crippen molar-refractivity contribution in [2.75, 3.05) is 53.7 Å². The molecule has 0 radical (unpaired) electrons. The Labute approximate surface area is 216 Å². The van der Waals surface area contributed by atoms with Crippen molar-refractivity contribution in [3.63, 3.8) is 0 Å². The predicted octanol–water partition coefficient (Wildman–Crippen LogP) is 6.71. The maximum absolute atomic E-state index is 12.2. The Balaban J connectivity index is 3.72. The number of rotatable bonds is 25. The summed E-state index contributed by atoms with van der Waals surface area (Å²) >= 11 is 0. The number of hydrogen-bond donors (Lipinski definition) is 1. The van der Waals surface area contributed by atoms with E-state index in [1.54, 1.807) is 0 Å². The standard InChI is InChI=1S/C27H56NO6P/c1-6-7-8-9-10-11-12-13-14-15-16-17-18-19-20-22-32-24-27(34-26(2)29)25-33-35(30,31)23-21-28(3,4)5/h27H,6-25H2,1-5H3/p+1. The molecule has 1 N–H and O–H groups in total. The van der Waals surface area contributed by atoms with Crippen LogP contribution in [-0.4, -0.2) is 75.1 Å². The van der Waals surface area contributed by atoms with Crippen LogP contribution in [0.4, 0.5) is 0 Å². The van der Waals surface area contributed by atoms with Gasteiger partial charge < -0.3 is 23.4 Å². The number of quaternary nitrogens is 1. The van der Waals surface area contributed by atoms with E-state index in [-0.39, 0.29) is 19.4 Å². The van der Waals surface area contributed by atoms with Crippen molar-refractivity contribution in [2.45, 2.75) is 116 Å². The average Bonchev–Trinajstić information content (AvgIpc) is 2.77. The van der Waals surface area contributed by atoms with E-state index >= 15 is 0 Å². The summed E-state index contributed by atoms with van der Waals surface area (Å²) in [6, 6.07) is 0. The van der Waals surface area contributed by atoms with E-state index in [9.17, 15) is 14.3 Å². The Morgan fingerprint density at radius 3 is 1.69 bits per heavy atom. The summed E-state index contributed by atoms with van der Waals surface area (Å²) in [4.78, 5) is 21.4. The minimum atomic E-state index is -3.73. The minimum Gasteiger partial charge on any atom is -0.458 e. The van der Waals surface area contributed by atoms with Gasteiger partial charge in [-0.3, -0.25) is 9.36 Å². The first kappa shape index (κ1) is 34.5. The fourth-order valence-electron chi connectivity index (χ4n) is 3.83. The molecule has 0 aliphatic rings. The molecule has 2 atom stereocenters. The van der Waals surface area contributed by atoms with E-state index in [0.717, 1.165) is 12.8 Å². The van der Waals surface area contributed by atoms with Gasteiger partial charge in [0.05, 0.1) is 47.1 Å². The van der Waals surface area contributed by atoms with E-state index in [1.807, 2.05) is 21.1 Å². The van der Waals surface area contributed by atoms with Crippen molar-refractivity contribution in [1.29, 1.82) is 0 Å². The van der Waals surface area contributed by atoms with Gasteiger partial charge in [-0.15, -0.1) is 0 Å². The lowest BCUT2D eigenvalue weighted by molar-refractivity contribution is -0.867. The Hall–Kier alpha value is -0.460. The van der Waals surface area contributed by atoms with Gasteiger partial charge in [-0.1, -0.05) is 96.8 Å². The van der Waals surface area contributed by atoms with E-state index in [1.165, 1.54) is 90.4 Å². The third kappa shape index (κ3) is 26.4. The fourth-order valence-corrected chi connectivity index (χ4v) is 5.21. The molecule has 0 saturated heterocycles. The van der Waals surface area contributed by atoms with Crippen molar-refractivity contribution >= 4 is 13.6 Å². The van der Waals surface area contributed by atoms with Crippen LogP contribution in [0.2, 0.25) is 0 Å². The lowest BCUT2D eigenvalue weighted by Crippen LogP contribution is -2.37. The monoisotopic (exact) mass is 522 g/mol. The quantitative estimate of drug-likeness (QED) is 0.0621. The number of ether oxygens (including phenoxy) is 2. The molecule has 0 aromatic carbocycles. The second-order valence-electron chi connectivity index (χ2n) is 10.9. The Bertz CT molecular complexity index is 552. The van der Waals surface area contributed by atoms with Crippen LogP contribution in [0.15, 0.2) is 0 Å². The van der Waals surface area contributed by atoms with Crippen molar-refractivity contribution in [1.82, 2.24) is 0 Å². The molecule has 0 fully saturated rings. The van der Waals surface area contributed by atoms with Gasteiger partial charge in [0.25, 0.3) is 0 Å². The highest BCUT2D eigenvalue weighted by molar-refractivity contribution is 7.52. The minimum absolute atomic E-state index is 0.0588. The molecule has 0 heterocycles. The summed E-state index contributed by atoms with van der Waals surface area (Å²) in [6.45, 7) is 4.73. The summed E-state index contributed by atoms with van der Waals surface area (Å²) in [7, 11) is 2.13. The van der Waals surface area contributed by atoms with E-state index in [4.69, 9.17) is 14.0 Å².